The quantitative estimate of drug-likeness (QED) is 0.938. The molecule has 3 nitrogen and oxygen atoms in total. The van der Waals surface area contributed by atoms with Crippen molar-refractivity contribution >= 4 is 26.8 Å². The van der Waals surface area contributed by atoms with Crippen molar-refractivity contribution in [3.63, 3.8) is 0 Å². The first-order valence-corrected chi connectivity index (χ1v) is 6.81. The Morgan fingerprint density at radius 1 is 1.39 bits per heavy atom. The van der Waals surface area contributed by atoms with E-state index in [0.29, 0.717) is 29.4 Å². The number of aromatic nitrogens is 2. The molecule has 1 heterocycles. The number of hydrogen-bond donors (Lipinski definition) is 1. The Bertz CT molecular complexity index is 563. The SMILES string of the molecule is CCC(O)(CC)Cn1ncc2cc(Br)c(F)cc21. The number of aliphatic hydroxyl groups is 1. The van der Waals surface area contributed by atoms with Crippen LogP contribution in [0.4, 0.5) is 4.39 Å². The molecule has 98 valence electrons. The highest BCUT2D eigenvalue weighted by Gasteiger charge is 2.24. The molecule has 0 saturated carbocycles. The zero-order valence-corrected chi connectivity index (χ0v) is 12.0. The summed E-state index contributed by atoms with van der Waals surface area (Å²) in [5.41, 5.74) is -0.0845. The molecule has 0 amide bonds. The molecule has 0 atom stereocenters. The summed E-state index contributed by atoms with van der Waals surface area (Å²) in [6.45, 7) is 4.25. The van der Waals surface area contributed by atoms with Gasteiger partial charge in [-0.2, -0.15) is 5.10 Å². The van der Waals surface area contributed by atoms with Crippen molar-refractivity contribution in [3.05, 3.63) is 28.6 Å². The first kappa shape index (κ1) is 13.5. The average molecular weight is 315 g/mol. The third-order valence-corrected chi connectivity index (χ3v) is 4.05. The lowest BCUT2D eigenvalue weighted by molar-refractivity contribution is 0.0130. The van der Waals surface area contributed by atoms with Crippen LogP contribution in [0.25, 0.3) is 10.9 Å². The molecule has 1 aromatic carbocycles. The van der Waals surface area contributed by atoms with Gasteiger partial charge in [0.15, 0.2) is 0 Å². The summed E-state index contributed by atoms with van der Waals surface area (Å²) >= 11 is 3.15. The van der Waals surface area contributed by atoms with Gasteiger partial charge in [0.25, 0.3) is 0 Å². The topological polar surface area (TPSA) is 38.0 Å². The Labute approximate surface area is 114 Å². The molecule has 0 radical (unpaired) electrons. The van der Waals surface area contributed by atoms with Crippen molar-refractivity contribution in [1.82, 2.24) is 9.78 Å². The maximum atomic E-state index is 13.6. The third-order valence-electron chi connectivity index (χ3n) is 3.44. The molecule has 0 aliphatic heterocycles. The Hall–Kier alpha value is -0.940. The second-order valence-corrected chi connectivity index (χ2v) is 5.41. The second-order valence-electron chi connectivity index (χ2n) is 4.56. The summed E-state index contributed by atoms with van der Waals surface area (Å²) in [4.78, 5) is 0. The largest absolute Gasteiger partial charge is 0.388 e. The van der Waals surface area contributed by atoms with Crippen LogP contribution in [0.1, 0.15) is 26.7 Å². The molecule has 2 aromatic rings. The van der Waals surface area contributed by atoms with Crippen molar-refractivity contribution in [2.45, 2.75) is 38.8 Å². The number of nitrogens with zero attached hydrogens (tertiary/aromatic N) is 2. The van der Waals surface area contributed by atoms with Crippen LogP contribution in [0.3, 0.4) is 0 Å². The van der Waals surface area contributed by atoms with Crippen LogP contribution in [0.5, 0.6) is 0 Å². The third kappa shape index (κ3) is 2.42. The smallest absolute Gasteiger partial charge is 0.139 e. The molecule has 2 rings (SSSR count). The summed E-state index contributed by atoms with van der Waals surface area (Å²) in [6, 6.07) is 3.14. The van der Waals surface area contributed by atoms with E-state index in [1.54, 1.807) is 16.9 Å². The van der Waals surface area contributed by atoms with Crippen LogP contribution in [0.2, 0.25) is 0 Å². The molecule has 0 unspecified atom stereocenters. The van der Waals surface area contributed by atoms with Gasteiger partial charge < -0.3 is 5.11 Å². The van der Waals surface area contributed by atoms with E-state index < -0.39 is 5.60 Å². The van der Waals surface area contributed by atoms with Crippen molar-refractivity contribution in [1.29, 1.82) is 0 Å². The molecule has 0 saturated heterocycles. The second kappa shape index (κ2) is 4.97. The first-order valence-electron chi connectivity index (χ1n) is 6.02. The van der Waals surface area contributed by atoms with Gasteiger partial charge in [-0.05, 0) is 34.8 Å². The van der Waals surface area contributed by atoms with Crippen LogP contribution in [0, 0.1) is 5.82 Å². The molecular formula is C13H16BrFN2O. The van der Waals surface area contributed by atoms with Gasteiger partial charge in [0, 0.05) is 11.5 Å². The predicted molar refractivity (Wildman–Crippen MR) is 72.9 cm³/mol. The molecule has 0 bridgehead atoms. The molecule has 0 spiro atoms. The number of rotatable bonds is 4. The summed E-state index contributed by atoms with van der Waals surface area (Å²) in [5, 5.41) is 15.4. The van der Waals surface area contributed by atoms with E-state index in [1.165, 1.54) is 6.07 Å². The lowest BCUT2D eigenvalue weighted by Crippen LogP contribution is -2.32. The first-order chi connectivity index (χ1) is 8.49. The zero-order valence-electron chi connectivity index (χ0n) is 10.5. The number of benzene rings is 1. The molecule has 0 fully saturated rings. The van der Waals surface area contributed by atoms with E-state index in [9.17, 15) is 9.50 Å². The summed E-state index contributed by atoms with van der Waals surface area (Å²) in [5.74, 6) is -0.319. The fraction of sp³-hybridized carbons (Fsp3) is 0.462. The molecule has 18 heavy (non-hydrogen) atoms. The fourth-order valence-electron chi connectivity index (χ4n) is 1.95. The monoisotopic (exact) mass is 314 g/mol. The molecule has 1 N–H and O–H groups in total. The van der Waals surface area contributed by atoms with E-state index in [2.05, 4.69) is 21.0 Å². The molecule has 0 aliphatic carbocycles. The van der Waals surface area contributed by atoms with Gasteiger partial charge >= 0.3 is 0 Å². The van der Waals surface area contributed by atoms with Gasteiger partial charge in [0.2, 0.25) is 0 Å². The van der Waals surface area contributed by atoms with Crippen molar-refractivity contribution in [2.75, 3.05) is 0 Å². The van der Waals surface area contributed by atoms with Crippen LogP contribution in [0.15, 0.2) is 22.8 Å². The highest BCUT2D eigenvalue weighted by molar-refractivity contribution is 9.10. The van der Waals surface area contributed by atoms with E-state index in [-0.39, 0.29) is 5.82 Å². The van der Waals surface area contributed by atoms with Crippen molar-refractivity contribution in [3.8, 4) is 0 Å². The maximum absolute atomic E-state index is 13.6. The Morgan fingerprint density at radius 2 is 2.06 bits per heavy atom. The van der Waals surface area contributed by atoms with Crippen LogP contribution in [-0.4, -0.2) is 20.5 Å². The summed E-state index contributed by atoms with van der Waals surface area (Å²) in [6.07, 6.45) is 2.97. The van der Waals surface area contributed by atoms with Gasteiger partial charge in [-0.3, -0.25) is 4.68 Å². The van der Waals surface area contributed by atoms with Gasteiger partial charge in [-0.25, -0.2) is 4.39 Å². The van der Waals surface area contributed by atoms with E-state index in [1.807, 2.05) is 13.8 Å². The molecular weight excluding hydrogens is 299 g/mol. The lowest BCUT2D eigenvalue weighted by atomic mass is 9.98. The van der Waals surface area contributed by atoms with Crippen LogP contribution >= 0.6 is 15.9 Å². The van der Waals surface area contributed by atoms with Gasteiger partial charge in [-0.15, -0.1) is 0 Å². The van der Waals surface area contributed by atoms with Crippen LogP contribution in [-0.2, 0) is 6.54 Å². The lowest BCUT2D eigenvalue weighted by Gasteiger charge is -2.25. The Kier molecular flexibility index (Phi) is 3.73. The van der Waals surface area contributed by atoms with Gasteiger partial charge in [0.05, 0.1) is 28.3 Å². The molecule has 0 aliphatic rings. The van der Waals surface area contributed by atoms with E-state index >= 15 is 0 Å². The maximum Gasteiger partial charge on any atom is 0.139 e. The Balaban J connectivity index is 2.43. The standard InChI is InChI=1S/C13H16BrFN2O/c1-3-13(18,4-2)8-17-12-6-11(15)10(14)5-9(12)7-16-17/h5-7,18H,3-4,8H2,1-2H3. The highest BCUT2D eigenvalue weighted by Crippen LogP contribution is 2.25. The Morgan fingerprint density at radius 3 is 2.67 bits per heavy atom. The number of fused-ring (bicyclic) bond motifs is 1. The van der Waals surface area contributed by atoms with E-state index in [0.717, 1.165) is 5.39 Å². The summed E-state index contributed by atoms with van der Waals surface area (Å²) in [7, 11) is 0. The minimum Gasteiger partial charge on any atom is -0.388 e. The average Bonchev–Trinajstić information content (AvgIpc) is 2.72. The van der Waals surface area contributed by atoms with Gasteiger partial charge in [-0.1, -0.05) is 13.8 Å². The minimum absolute atomic E-state index is 0.319. The van der Waals surface area contributed by atoms with Crippen molar-refractivity contribution in [2.24, 2.45) is 0 Å². The number of halogens is 2. The van der Waals surface area contributed by atoms with E-state index in [4.69, 9.17) is 0 Å². The molecule has 1 aromatic heterocycles. The fourth-order valence-corrected chi connectivity index (χ4v) is 2.31. The van der Waals surface area contributed by atoms with Crippen LogP contribution < -0.4 is 0 Å². The summed E-state index contributed by atoms with van der Waals surface area (Å²) < 4.78 is 15.6. The normalized spacial score (nSPS) is 12.3. The number of hydrogen-bond acceptors (Lipinski definition) is 2. The zero-order chi connectivity index (χ0) is 13.3. The highest BCUT2D eigenvalue weighted by atomic mass is 79.9. The minimum atomic E-state index is -0.789. The molecule has 5 heteroatoms. The predicted octanol–water partition coefficient (Wildman–Crippen LogP) is 3.49. The van der Waals surface area contributed by atoms with Gasteiger partial charge in [0.1, 0.15) is 5.82 Å². The van der Waals surface area contributed by atoms with Crippen molar-refractivity contribution < 1.29 is 9.50 Å².